The maximum absolute atomic E-state index is 12.3. The summed E-state index contributed by atoms with van der Waals surface area (Å²) in [7, 11) is 0. The number of carbonyl (C=O) groups is 1. The van der Waals surface area contributed by atoms with E-state index >= 15 is 0 Å². The second-order valence-corrected chi connectivity index (χ2v) is 7.67. The highest BCUT2D eigenvalue weighted by Gasteiger charge is 2.29. The molecular formula is C20H19BrO3. The molecular weight excluding hydrogens is 368 g/mol. The molecule has 1 atom stereocenters. The van der Waals surface area contributed by atoms with E-state index in [4.69, 9.17) is 9.47 Å². The molecule has 24 heavy (non-hydrogen) atoms. The number of ether oxygens (including phenoxy) is 2. The van der Waals surface area contributed by atoms with Gasteiger partial charge in [0.25, 0.3) is 0 Å². The van der Waals surface area contributed by atoms with Gasteiger partial charge in [0.05, 0.1) is 11.0 Å². The van der Waals surface area contributed by atoms with Crippen LogP contribution in [0.5, 0.6) is 5.75 Å². The highest BCUT2D eigenvalue weighted by molar-refractivity contribution is 9.10. The molecule has 0 spiro atoms. The summed E-state index contributed by atoms with van der Waals surface area (Å²) in [4.78, 5) is 12.3. The van der Waals surface area contributed by atoms with E-state index in [1.54, 1.807) is 0 Å². The Hall–Kier alpha value is -2.07. The average Bonchev–Trinajstić information content (AvgIpc) is 2.54. The molecule has 124 valence electrons. The van der Waals surface area contributed by atoms with Gasteiger partial charge in [0, 0.05) is 10.5 Å². The first-order chi connectivity index (χ1) is 11.3. The normalized spacial score (nSPS) is 16.7. The summed E-state index contributed by atoms with van der Waals surface area (Å²) in [5.41, 5.74) is 1.22. The second-order valence-electron chi connectivity index (χ2n) is 6.76. The van der Waals surface area contributed by atoms with E-state index in [-0.39, 0.29) is 12.1 Å². The molecule has 3 rings (SSSR count). The molecule has 2 aromatic carbocycles. The predicted molar refractivity (Wildman–Crippen MR) is 97.5 cm³/mol. The average molecular weight is 387 g/mol. The molecule has 1 aliphatic heterocycles. The van der Waals surface area contributed by atoms with E-state index in [1.807, 2.05) is 75.4 Å². The molecule has 1 aliphatic rings. The second kappa shape index (κ2) is 6.44. The highest BCUT2D eigenvalue weighted by Crippen LogP contribution is 2.38. The minimum atomic E-state index is -0.568. The molecule has 0 bridgehead atoms. The van der Waals surface area contributed by atoms with Crippen LogP contribution in [0, 0.1) is 5.41 Å². The van der Waals surface area contributed by atoms with Crippen molar-refractivity contribution in [3.05, 3.63) is 70.2 Å². The minimum absolute atomic E-state index is 0.264. The fourth-order valence-corrected chi connectivity index (χ4v) is 2.59. The smallest absolute Gasteiger partial charge is 0.316 e. The Morgan fingerprint density at radius 2 is 1.75 bits per heavy atom. The Bertz CT molecular complexity index is 785. The fourth-order valence-electron chi connectivity index (χ4n) is 2.33. The molecule has 0 N–H and O–H groups in total. The summed E-state index contributed by atoms with van der Waals surface area (Å²) >= 11 is 3.44. The first-order valence-electron chi connectivity index (χ1n) is 7.80. The molecule has 0 saturated carbocycles. The van der Waals surface area contributed by atoms with Gasteiger partial charge in [-0.3, -0.25) is 4.79 Å². The summed E-state index contributed by atoms with van der Waals surface area (Å²) < 4.78 is 12.8. The van der Waals surface area contributed by atoms with E-state index < -0.39 is 5.41 Å². The van der Waals surface area contributed by atoms with Crippen LogP contribution in [0.3, 0.4) is 0 Å². The molecule has 0 aliphatic carbocycles. The van der Waals surface area contributed by atoms with Crippen molar-refractivity contribution in [2.75, 3.05) is 0 Å². The molecule has 0 fully saturated rings. The van der Waals surface area contributed by atoms with Crippen molar-refractivity contribution in [2.45, 2.75) is 26.9 Å². The third-order valence-electron chi connectivity index (χ3n) is 3.72. The fraction of sp³-hybridized carbons (Fsp3) is 0.250. The van der Waals surface area contributed by atoms with Gasteiger partial charge in [0.1, 0.15) is 17.6 Å². The minimum Gasteiger partial charge on any atom is -0.481 e. The molecule has 1 heterocycles. The van der Waals surface area contributed by atoms with Gasteiger partial charge in [-0.2, -0.15) is 0 Å². The highest BCUT2D eigenvalue weighted by atomic mass is 79.9. The number of para-hydroxylation sites is 1. The summed E-state index contributed by atoms with van der Waals surface area (Å²) in [6.07, 6.45) is 1.56. The van der Waals surface area contributed by atoms with Crippen LogP contribution in [0.1, 0.15) is 38.0 Å². The summed E-state index contributed by atoms with van der Waals surface area (Å²) in [5, 5.41) is 0. The Kier molecular flexibility index (Phi) is 4.50. The Morgan fingerprint density at radius 1 is 1.08 bits per heavy atom. The SMILES string of the molecule is CC(C)(C)C(=O)OC1=C[C@@H](c2ccc(Br)cc2)Oc2ccccc21. The lowest BCUT2D eigenvalue weighted by Crippen LogP contribution is -2.23. The van der Waals surface area contributed by atoms with Gasteiger partial charge in [-0.15, -0.1) is 0 Å². The van der Waals surface area contributed by atoms with E-state index in [1.165, 1.54) is 0 Å². The molecule has 2 aromatic rings. The lowest BCUT2D eigenvalue weighted by Gasteiger charge is -2.26. The van der Waals surface area contributed by atoms with Crippen molar-refractivity contribution in [3.63, 3.8) is 0 Å². The third kappa shape index (κ3) is 3.54. The van der Waals surface area contributed by atoms with Crippen LogP contribution in [0.15, 0.2) is 59.1 Å². The van der Waals surface area contributed by atoms with Crippen molar-refractivity contribution >= 4 is 27.7 Å². The molecule has 0 aromatic heterocycles. The Balaban J connectivity index is 1.98. The van der Waals surface area contributed by atoms with Crippen LogP contribution in [-0.4, -0.2) is 5.97 Å². The van der Waals surface area contributed by atoms with Crippen molar-refractivity contribution < 1.29 is 14.3 Å². The molecule has 0 saturated heterocycles. The monoisotopic (exact) mass is 386 g/mol. The maximum Gasteiger partial charge on any atom is 0.316 e. The van der Waals surface area contributed by atoms with Crippen LogP contribution >= 0.6 is 15.9 Å². The quantitative estimate of drug-likeness (QED) is 0.637. The Morgan fingerprint density at radius 3 is 2.42 bits per heavy atom. The van der Waals surface area contributed by atoms with E-state index in [9.17, 15) is 4.79 Å². The van der Waals surface area contributed by atoms with Crippen molar-refractivity contribution in [1.29, 1.82) is 0 Å². The number of esters is 1. The number of benzene rings is 2. The van der Waals surface area contributed by atoms with Gasteiger partial charge in [-0.25, -0.2) is 0 Å². The van der Waals surface area contributed by atoms with Crippen LogP contribution < -0.4 is 4.74 Å². The van der Waals surface area contributed by atoms with Gasteiger partial charge in [-0.05, 0) is 50.6 Å². The number of fused-ring (bicyclic) bond motifs is 1. The number of hydrogen-bond donors (Lipinski definition) is 0. The van der Waals surface area contributed by atoms with Gasteiger partial charge in [-0.1, -0.05) is 40.2 Å². The molecule has 0 radical (unpaired) electrons. The molecule has 4 heteroatoms. The zero-order chi connectivity index (χ0) is 17.3. The summed E-state index contributed by atoms with van der Waals surface area (Å²) in [6, 6.07) is 15.5. The number of hydrogen-bond acceptors (Lipinski definition) is 3. The standard InChI is InChI=1S/C20H19BrO3/c1-20(2,3)19(22)24-18-12-17(13-8-10-14(21)11-9-13)23-16-7-5-4-6-15(16)18/h4-12,17H,1-3H3/t17-/m0/s1. The largest absolute Gasteiger partial charge is 0.481 e. The van der Waals surface area contributed by atoms with E-state index in [2.05, 4.69) is 15.9 Å². The third-order valence-corrected chi connectivity index (χ3v) is 4.25. The topological polar surface area (TPSA) is 35.5 Å². The first-order valence-corrected chi connectivity index (χ1v) is 8.59. The number of carbonyl (C=O) groups excluding carboxylic acids is 1. The lowest BCUT2D eigenvalue weighted by atomic mass is 9.97. The van der Waals surface area contributed by atoms with Gasteiger partial charge < -0.3 is 9.47 Å². The summed E-state index contributed by atoms with van der Waals surface area (Å²) in [5.74, 6) is 0.995. The van der Waals surface area contributed by atoms with Crippen molar-refractivity contribution in [3.8, 4) is 5.75 Å². The van der Waals surface area contributed by atoms with Crippen LogP contribution in [0.25, 0.3) is 5.76 Å². The summed E-state index contributed by atoms with van der Waals surface area (Å²) in [6.45, 7) is 5.52. The molecule has 0 amide bonds. The maximum atomic E-state index is 12.3. The van der Waals surface area contributed by atoms with Crippen molar-refractivity contribution in [2.24, 2.45) is 5.41 Å². The van der Waals surface area contributed by atoms with E-state index in [0.29, 0.717) is 11.5 Å². The van der Waals surface area contributed by atoms with Gasteiger partial charge >= 0.3 is 5.97 Å². The first kappa shape index (κ1) is 16.8. The van der Waals surface area contributed by atoms with Crippen LogP contribution in [0.2, 0.25) is 0 Å². The lowest BCUT2D eigenvalue weighted by molar-refractivity contribution is -0.145. The predicted octanol–water partition coefficient (Wildman–Crippen LogP) is 5.51. The molecule has 0 unspecified atom stereocenters. The van der Waals surface area contributed by atoms with E-state index in [0.717, 1.165) is 15.6 Å². The van der Waals surface area contributed by atoms with Gasteiger partial charge in [0.15, 0.2) is 0 Å². The molecule has 3 nitrogen and oxygen atoms in total. The number of halogens is 1. The van der Waals surface area contributed by atoms with Crippen molar-refractivity contribution in [1.82, 2.24) is 0 Å². The van der Waals surface area contributed by atoms with Crippen LogP contribution in [0.4, 0.5) is 0 Å². The van der Waals surface area contributed by atoms with Crippen LogP contribution in [-0.2, 0) is 9.53 Å². The zero-order valence-corrected chi connectivity index (χ0v) is 15.5. The number of rotatable bonds is 2. The Labute approximate surface area is 150 Å². The zero-order valence-electron chi connectivity index (χ0n) is 13.9. The van der Waals surface area contributed by atoms with Gasteiger partial charge in [0.2, 0.25) is 0 Å².